The Kier molecular flexibility index (Phi) is 6.54. The summed E-state index contributed by atoms with van der Waals surface area (Å²) in [7, 11) is 0. The predicted octanol–water partition coefficient (Wildman–Crippen LogP) is 4.12. The molecule has 1 aliphatic carbocycles. The van der Waals surface area contributed by atoms with Gasteiger partial charge in [-0.05, 0) is 61.4 Å². The fourth-order valence-corrected chi connectivity index (χ4v) is 4.78. The smallest absolute Gasteiger partial charge is 0.311 e. The molecule has 31 heavy (non-hydrogen) atoms. The van der Waals surface area contributed by atoms with Gasteiger partial charge in [0.15, 0.2) is 5.78 Å². The summed E-state index contributed by atoms with van der Waals surface area (Å²) in [5, 5.41) is 11.0. The SMILES string of the molecule is CCCC(=O)Oc1ccc2c(c1)CCC(CN1CCC(O)(c3ccccc3)CC1)C2=O. The van der Waals surface area contributed by atoms with Gasteiger partial charge in [-0.15, -0.1) is 0 Å². The number of esters is 1. The number of benzene rings is 2. The van der Waals surface area contributed by atoms with Crippen LogP contribution in [0.2, 0.25) is 0 Å². The third kappa shape index (κ3) is 4.89. The van der Waals surface area contributed by atoms with Crippen LogP contribution in [-0.4, -0.2) is 41.4 Å². The van der Waals surface area contributed by atoms with E-state index < -0.39 is 5.60 Å². The van der Waals surface area contributed by atoms with E-state index >= 15 is 0 Å². The van der Waals surface area contributed by atoms with E-state index in [0.717, 1.165) is 55.6 Å². The number of nitrogens with zero attached hydrogens (tertiary/aromatic N) is 1. The maximum absolute atomic E-state index is 13.1. The van der Waals surface area contributed by atoms with Crippen LogP contribution < -0.4 is 4.74 Å². The normalized spacial score (nSPS) is 20.8. The Bertz CT molecular complexity index is 932. The molecule has 2 aromatic rings. The zero-order chi connectivity index (χ0) is 21.8. The molecule has 4 rings (SSSR count). The van der Waals surface area contributed by atoms with E-state index in [1.165, 1.54) is 0 Å². The second-order valence-corrected chi connectivity index (χ2v) is 8.84. The maximum Gasteiger partial charge on any atom is 0.311 e. The molecule has 1 heterocycles. The molecule has 5 heteroatoms. The van der Waals surface area contributed by atoms with E-state index in [4.69, 9.17) is 4.74 Å². The van der Waals surface area contributed by atoms with E-state index in [2.05, 4.69) is 4.90 Å². The molecule has 0 aromatic heterocycles. The first-order chi connectivity index (χ1) is 15.0. The predicted molar refractivity (Wildman–Crippen MR) is 119 cm³/mol. The van der Waals surface area contributed by atoms with Gasteiger partial charge in [0.1, 0.15) is 5.75 Å². The van der Waals surface area contributed by atoms with Gasteiger partial charge >= 0.3 is 5.97 Å². The summed E-state index contributed by atoms with van der Waals surface area (Å²) in [5.74, 6) is 0.447. The first-order valence-corrected chi connectivity index (χ1v) is 11.4. The van der Waals surface area contributed by atoms with Crippen molar-refractivity contribution in [3.05, 3.63) is 65.2 Å². The van der Waals surface area contributed by atoms with Crippen LogP contribution in [0, 0.1) is 5.92 Å². The van der Waals surface area contributed by atoms with Crippen LogP contribution in [0.25, 0.3) is 0 Å². The van der Waals surface area contributed by atoms with Crippen LogP contribution in [0.15, 0.2) is 48.5 Å². The van der Waals surface area contributed by atoms with Crippen LogP contribution in [0.4, 0.5) is 0 Å². The largest absolute Gasteiger partial charge is 0.427 e. The Morgan fingerprint density at radius 2 is 1.90 bits per heavy atom. The lowest BCUT2D eigenvalue weighted by molar-refractivity contribution is -0.134. The second kappa shape index (κ2) is 9.33. The van der Waals surface area contributed by atoms with Crippen molar-refractivity contribution < 1.29 is 19.4 Å². The first-order valence-electron chi connectivity index (χ1n) is 11.4. The molecule has 2 aromatic carbocycles. The molecule has 1 atom stereocenters. The number of aryl methyl sites for hydroxylation is 1. The molecule has 0 radical (unpaired) electrons. The summed E-state index contributed by atoms with van der Waals surface area (Å²) in [4.78, 5) is 27.1. The summed E-state index contributed by atoms with van der Waals surface area (Å²) < 4.78 is 5.38. The van der Waals surface area contributed by atoms with Crippen molar-refractivity contribution in [3.63, 3.8) is 0 Å². The Hall–Kier alpha value is -2.50. The van der Waals surface area contributed by atoms with Gasteiger partial charge in [-0.25, -0.2) is 0 Å². The molecule has 1 N–H and O–H groups in total. The van der Waals surface area contributed by atoms with Crippen molar-refractivity contribution >= 4 is 11.8 Å². The molecule has 164 valence electrons. The minimum absolute atomic E-state index is 0.0242. The van der Waals surface area contributed by atoms with Crippen molar-refractivity contribution in [2.75, 3.05) is 19.6 Å². The number of aliphatic hydroxyl groups is 1. The molecule has 1 saturated heterocycles. The summed E-state index contributed by atoms with van der Waals surface area (Å²) >= 11 is 0. The number of ether oxygens (including phenoxy) is 1. The summed E-state index contributed by atoms with van der Waals surface area (Å²) in [6, 6.07) is 15.3. The van der Waals surface area contributed by atoms with Crippen LogP contribution in [0.1, 0.15) is 60.5 Å². The summed E-state index contributed by atoms with van der Waals surface area (Å²) in [5.41, 5.74) is 1.93. The highest BCUT2D eigenvalue weighted by atomic mass is 16.5. The Labute approximate surface area is 184 Å². The number of hydrogen-bond acceptors (Lipinski definition) is 5. The third-order valence-electron chi connectivity index (χ3n) is 6.63. The highest BCUT2D eigenvalue weighted by Gasteiger charge is 2.36. The molecule has 1 aliphatic heterocycles. The monoisotopic (exact) mass is 421 g/mol. The zero-order valence-electron chi connectivity index (χ0n) is 18.2. The van der Waals surface area contributed by atoms with Crippen molar-refractivity contribution in [1.82, 2.24) is 4.90 Å². The molecule has 0 amide bonds. The van der Waals surface area contributed by atoms with Crippen molar-refractivity contribution in [1.29, 1.82) is 0 Å². The number of likely N-dealkylation sites (tertiary alicyclic amines) is 1. The molecule has 0 bridgehead atoms. The summed E-state index contributed by atoms with van der Waals surface area (Å²) in [6.45, 7) is 4.25. The number of fused-ring (bicyclic) bond motifs is 1. The minimum Gasteiger partial charge on any atom is -0.427 e. The minimum atomic E-state index is -0.771. The number of ketones is 1. The quantitative estimate of drug-likeness (QED) is 0.561. The van der Waals surface area contributed by atoms with E-state index in [9.17, 15) is 14.7 Å². The second-order valence-electron chi connectivity index (χ2n) is 8.84. The van der Waals surface area contributed by atoms with Crippen LogP contribution in [-0.2, 0) is 16.8 Å². The van der Waals surface area contributed by atoms with Crippen LogP contribution in [0.5, 0.6) is 5.75 Å². The molecular formula is C26H31NO4. The molecule has 2 aliphatic rings. The Balaban J connectivity index is 1.35. The highest BCUT2D eigenvalue weighted by molar-refractivity contribution is 6.00. The molecular weight excluding hydrogens is 390 g/mol. The standard InChI is InChI=1S/C26H31NO4/c1-2-6-24(28)31-22-11-12-23-19(17-22)9-10-20(25(23)29)18-27-15-13-26(30,14-16-27)21-7-4-3-5-8-21/h3-5,7-8,11-12,17,20,30H,2,6,9-10,13-16,18H2,1H3. The van der Waals surface area contributed by atoms with Gasteiger partial charge in [-0.3, -0.25) is 9.59 Å². The lowest BCUT2D eigenvalue weighted by Gasteiger charge is -2.40. The number of Topliss-reactive ketones (excluding diaryl/α,β-unsaturated/α-hetero) is 1. The van der Waals surface area contributed by atoms with E-state index in [1.54, 1.807) is 6.07 Å². The van der Waals surface area contributed by atoms with Crippen LogP contribution in [0.3, 0.4) is 0 Å². The van der Waals surface area contributed by atoms with Gasteiger partial charge in [0.05, 0.1) is 5.60 Å². The van der Waals surface area contributed by atoms with Gasteiger partial charge in [0.25, 0.3) is 0 Å². The number of piperidine rings is 1. The molecule has 5 nitrogen and oxygen atoms in total. The third-order valence-corrected chi connectivity index (χ3v) is 6.63. The van der Waals surface area contributed by atoms with Gasteiger partial charge in [-0.2, -0.15) is 0 Å². The van der Waals surface area contributed by atoms with Gasteiger partial charge in [0.2, 0.25) is 0 Å². The lowest BCUT2D eigenvalue weighted by Crippen LogP contribution is -2.45. The van der Waals surface area contributed by atoms with Crippen molar-refractivity contribution in [2.45, 2.75) is 51.0 Å². The van der Waals surface area contributed by atoms with E-state index in [0.29, 0.717) is 25.0 Å². The lowest BCUT2D eigenvalue weighted by atomic mass is 9.81. The average molecular weight is 422 g/mol. The molecule has 0 spiro atoms. The number of carbonyl (C=O) groups excluding carboxylic acids is 2. The fourth-order valence-electron chi connectivity index (χ4n) is 4.78. The molecule has 0 saturated carbocycles. The van der Waals surface area contributed by atoms with E-state index in [-0.39, 0.29) is 17.7 Å². The van der Waals surface area contributed by atoms with Gasteiger partial charge < -0.3 is 14.7 Å². The van der Waals surface area contributed by atoms with Crippen LogP contribution >= 0.6 is 0 Å². The number of hydrogen-bond donors (Lipinski definition) is 1. The van der Waals surface area contributed by atoms with Gasteiger partial charge in [-0.1, -0.05) is 37.3 Å². The maximum atomic E-state index is 13.1. The Morgan fingerprint density at radius 3 is 2.61 bits per heavy atom. The molecule has 1 unspecified atom stereocenters. The fraction of sp³-hybridized carbons (Fsp3) is 0.462. The van der Waals surface area contributed by atoms with Crippen molar-refractivity contribution in [3.8, 4) is 5.75 Å². The zero-order valence-corrected chi connectivity index (χ0v) is 18.2. The molecule has 1 fully saturated rings. The average Bonchev–Trinajstić information content (AvgIpc) is 2.78. The number of carbonyl (C=O) groups is 2. The van der Waals surface area contributed by atoms with E-state index in [1.807, 2.05) is 49.4 Å². The van der Waals surface area contributed by atoms with Gasteiger partial charge in [0, 0.05) is 37.5 Å². The number of rotatable bonds is 6. The van der Waals surface area contributed by atoms with Crippen molar-refractivity contribution in [2.24, 2.45) is 5.92 Å². The highest BCUT2D eigenvalue weighted by Crippen LogP contribution is 2.34. The topological polar surface area (TPSA) is 66.8 Å². The first kappa shape index (κ1) is 21.7. The summed E-state index contributed by atoms with van der Waals surface area (Å²) in [6.07, 6.45) is 4.13. The Morgan fingerprint density at radius 1 is 1.16 bits per heavy atom.